The molecule has 0 saturated heterocycles. The Kier molecular flexibility index (Phi) is 7.03. The molecule has 0 aliphatic heterocycles. The number of methoxy groups -OCH3 is 2. The summed E-state index contributed by atoms with van der Waals surface area (Å²) in [6, 6.07) is 6.43. The van der Waals surface area contributed by atoms with Crippen LogP contribution in [0.3, 0.4) is 0 Å². The molecule has 0 radical (unpaired) electrons. The van der Waals surface area contributed by atoms with Gasteiger partial charge in [0.25, 0.3) is 0 Å². The first-order chi connectivity index (χ1) is 10.7. The minimum atomic E-state index is -0.599. The van der Waals surface area contributed by atoms with Crippen LogP contribution < -0.4 is 10.1 Å². The number of alkyl carbamates (subject to hydrolysis) is 1. The fraction of sp³-hybridized carbons (Fsp3) is 0.529. The van der Waals surface area contributed by atoms with E-state index >= 15 is 0 Å². The van der Waals surface area contributed by atoms with Crippen LogP contribution in [-0.4, -0.2) is 44.3 Å². The summed E-state index contributed by atoms with van der Waals surface area (Å²) in [5, 5.41) is 2.67. The molecule has 0 heterocycles. The van der Waals surface area contributed by atoms with Crippen LogP contribution in [0.25, 0.3) is 0 Å². The van der Waals surface area contributed by atoms with Gasteiger partial charge in [0.15, 0.2) is 5.78 Å². The van der Waals surface area contributed by atoms with Gasteiger partial charge in [0.05, 0.1) is 19.8 Å². The highest BCUT2D eigenvalue weighted by molar-refractivity contribution is 5.97. The number of benzene rings is 1. The van der Waals surface area contributed by atoms with Gasteiger partial charge in [-0.2, -0.15) is 0 Å². The number of hydrogen-bond acceptors (Lipinski definition) is 5. The van der Waals surface area contributed by atoms with Crippen molar-refractivity contribution in [3.8, 4) is 5.75 Å². The average molecular weight is 323 g/mol. The Labute approximate surface area is 137 Å². The van der Waals surface area contributed by atoms with Crippen LogP contribution in [0.5, 0.6) is 5.75 Å². The number of ether oxygens (including phenoxy) is 3. The van der Waals surface area contributed by atoms with E-state index < -0.39 is 17.7 Å². The van der Waals surface area contributed by atoms with E-state index in [-0.39, 0.29) is 18.8 Å². The molecule has 1 atom stereocenters. The van der Waals surface area contributed by atoms with Crippen molar-refractivity contribution in [2.45, 2.75) is 38.8 Å². The number of hydrogen-bond donors (Lipinski definition) is 1. The molecular weight excluding hydrogens is 298 g/mol. The largest absolute Gasteiger partial charge is 0.497 e. The van der Waals surface area contributed by atoms with E-state index in [4.69, 9.17) is 14.2 Å². The summed E-state index contributed by atoms with van der Waals surface area (Å²) in [4.78, 5) is 24.2. The van der Waals surface area contributed by atoms with Crippen molar-refractivity contribution in [3.63, 3.8) is 0 Å². The van der Waals surface area contributed by atoms with Gasteiger partial charge >= 0.3 is 6.09 Å². The predicted molar refractivity (Wildman–Crippen MR) is 87.0 cm³/mol. The maximum Gasteiger partial charge on any atom is 0.407 e. The second-order valence-electron chi connectivity index (χ2n) is 6.16. The molecule has 1 N–H and O–H groups in total. The number of carbonyl (C=O) groups excluding carboxylic acids is 2. The van der Waals surface area contributed by atoms with Gasteiger partial charge in [-0.1, -0.05) is 12.1 Å². The van der Waals surface area contributed by atoms with Gasteiger partial charge in [0, 0.05) is 19.1 Å². The fourth-order valence-electron chi connectivity index (χ4n) is 1.97. The molecule has 1 unspecified atom stereocenters. The van der Waals surface area contributed by atoms with Crippen molar-refractivity contribution in [1.82, 2.24) is 5.32 Å². The first-order valence-electron chi connectivity index (χ1n) is 7.41. The van der Waals surface area contributed by atoms with Gasteiger partial charge in [-0.3, -0.25) is 4.79 Å². The quantitative estimate of drug-likeness (QED) is 0.781. The zero-order chi connectivity index (χ0) is 17.5. The first kappa shape index (κ1) is 19.0. The third-order valence-corrected chi connectivity index (χ3v) is 2.91. The smallest absolute Gasteiger partial charge is 0.407 e. The van der Waals surface area contributed by atoms with E-state index in [1.54, 1.807) is 52.1 Å². The topological polar surface area (TPSA) is 73.9 Å². The fourth-order valence-corrected chi connectivity index (χ4v) is 1.97. The number of carbonyl (C=O) groups is 2. The molecule has 1 rings (SSSR count). The number of nitrogens with one attached hydrogen (secondary N) is 1. The lowest BCUT2D eigenvalue weighted by Gasteiger charge is -2.23. The minimum Gasteiger partial charge on any atom is -0.497 e. The van der Waals surface area contributed by atoms with Crippen LogP contribution in [0.1, 0.15) is 37.6 Å². The summed E-state index contributed by atoms with van der Waals surface area (Å²) >= 11 is 0. The van der Waals surface area contributed by atoms with E-state index in [1.807, 2.05) is 0 Å². The van der Waals surface area contributed by atoms with Gasteiger partial charge in [-0.05, 0) is 32.9 Å². The highest BCUT2D eigenvalue weighted by Crippen LogP contribution is 2.15. The molecule has 23 heavy (non-hydrogen) atoms. The molecule has 0 fully saturated rings. The molecule has 1 aromatic carbocycles. The normalized spacial score (nSPS) is 12.4. The van der Waals surface area contributed by atoms with Gasteiger partial charge in [0.1, 0.15) is 11.4 Å². The second kappa shape index (κ2) is 8.53. The summed E-state index contributed by atoms with van der Waals surface area (Å²) in [5.74, 6) is 0.501. The highest BCUT2D eigenvalue weighted by atomic mass is 16.6. The van der Waals surface area contributed by atoms with E-state index in [0.717, 1.165) is 0 Å². The van der Waals surface area contributed by atoms with Gasteiger partial charge in [-0.25, -0.2) is 4.79 Å². The summed E-state index contributed by atoms with van der Waals surface area (Å²) in [6.45, 7) is 5.55. The number of amides is 1. The first-order valence-corrected chi connectivity index (χ1v) is 7.41. The molecular formula is C17H25NO5. The highest BCUT2D eigenvalue weighted by Gasteiger charge is 2.22. The molecule has 1 amide bonds. The van der Waals surface area contributed by atoms with Crippen LogP contribution in [0.2, 0.25) is 0 Å². The standard InChI is InChI=1S/C17H25NO5/c1-17(2,3)23-16(20)18-13(11-21-4)10-15(19)12-7-6-8-14(9-12)22-5/h6-9,13H,10-11H2,1-5H3,(H,18,20). The lowest BCUT2D eigenvalue weighted by molar-refractivity contribution is 0.0464. The maximum atomic E-state index is 12.4. The van der Waals surface area contributed by atoms with Crippen LogP contribution in [0.4, 0.5) is 4.79 Å². The number of ketones is 1. The summed E-state index contributed by atoms with van der Waals surface area (Å²) in [7, 11) is 3.06. The Balaban J connectivity index is 2.70. The summed E-state index contributed by atoms with van der Waals surface area (Å²) < 4.78 is 15.4. The van der Waals surface area contributed by atoms with Crippen LogP contribution in [0.15, 0.2) is 24.3 Å². The molecule has 0 spiro atoms. The lowest BCUT2D eigenvalue weighted by Crippen LogP contribution is -2.42. The van der Waals surface area contributed by atoms with Gasteiger partial charge in [0.2, 0.25) is 0 Å². The van der Waals surface area contributed by atoms with Crippen molar-refractivity contribution < 1.29 is 23.8 Å². The van der Waals surface area contributed by atoms with E-state index in [0.29, 0.717) is 11.3 Å². The minimum absolute atomic E-state index is 0.109. The Morgan fingerprint density at radius 3 is 2.48 bits per heavy atom. The molecule has 0 aliphatic carbocycles. The van der Waals surface area contributed by atoms with Crippen molar-refractivity contribution in [2.24, 2.45) is 0 Å². The number of rotatable bonds is 7. The Morgan fingerprint density at radius 1 is 1.22 bits per heavy atom. The SMILES string of the molecule is COCC(CC(=O)c1cccc(OC)c1)NC(=O)OC(C)(C)C. The van der Waals surface area contributed by atoms with Gasteiger partial charge in [-0.15, -0.1) is 0 Å². The van der Waals surface area contributed by atoms with Crippen molar-refractivity contribution in [2.75, 3.05) is 20.8 Å². The molecule has 1 aromatic rings. The Morgan fingerprint density at radius 2 is 1.91 bits per heavy atom. The zero-order valence-corrected chi connectivity index (χ0v) is 14.3. The van der Waals surface area contributed by atoms with Crippen molar-refractivity contribution >= 4 is 11.9 Å². The molecule has 6 nitrogen and oxygen atoms in total. The van der Waals surface area contributed by atoms with E-state index in [1.165, 1.54) is 7.11 Å². The maximum absolute atomic E-state index is 12.4. The molecule has 6 heteroatoms. The van der Waals surface area contributed by atoms with Crippen LogP contribution >= 0.6 is 0 Å². The van der Waals surface area contributed by atoms with E-state index in [2.05, 4.69) is 5.32 Å². The van der Waals surface area contributed by atoms with Crippen LogP contribution in [-0.2, 0) is 9.47 Å². The number of Topliss-reactive ketones (excluding diaryl/α,β-unsaturated/α-hetero) is 1. The Bertz CT molecular complexity index is 536. The lowest BCUT2D eigenvalue weighted by atomic mass is 10.0. The second-order valence-corrected chi connectivity index (χ2v) is 6.16. The third-order valence-electron chi connectivity index (χ3n) is 2.91. The molecule has 0 aliphatic rings. The summed E-state index contributed by atoms with van der Waals surface area (Å²) in [6.07, 6.45) is -0.460. The Hall–Kier alpha value is -2.08. The van der Waals surface area contributed by atoms with Crippen molar-refractivity contribution in [1.29, 1.82) is 0 Å². The predicted octanol–water partition coefficient (Wildman–Crippen LogP) is 2.81. The van der Waals surface area contributed by atoms with Gasteiger partial charge < -0.3 is 19.5 Å². The van der Waals surface area contributed by atoms with E-state index in [9.17, 15) is 9.59 Å². The zero-order valence-electron chi connectivity index (χ0n) is 14.3. The third kappa shape index (κ3) is 7.15. The molecule has 0 saturated carbocycles. The monoisotopic (exact) mass is 323 g/mol. The van der Waals surface area contributed by atoms with Crippen molar-refractivity contribution in [3.05, 3.63) is 29.8 Å². The van der Waals surface area contributed by atoms with Crippen LogP contribution in [0, 0.1) is 0 Å². The molecule has 128 valence electrons. The average Bonchev–Trinajstić information content (AvgIpc) is 2.45. The molecule has 0 bridgehead atoms. The summed E-state index contributed by atoms with van der Waals surface area (Å²) in [5.41, 5.74) is -0.0742. The molecule has 0 aromatic heterocycles.